The monoisotopic (exact) mass is 473 g/mol. The Labute approximate surface area is 203 Å². The number of rotatable bonds is 8. The fourth-order valence-electron chi connectivity index (χ4n) is 3.56. The molecule has 1 aliphatic rings. The number of hydrogen-bond donors (Lipinski definition) is 2. The van der Waals surface area contributed by atoms with E-state index in [1.54, 1.807) is 18.3 Å². The van der Waals surface area contributed by atoms with E-state index in [1.807, 2.05) is 48.2 Å². The molecule has 0 radical (unpaired) electrons. The van der Waals surface area contributed by atoms with Gasteiger partial charge in [-0.3, -0.25) is 4.79 Å². The molecular weight excluding hydrogens is 446 g/mol. The highest BCUT2D eigenvalue weighted by molar-refractivity contribution is 5.99. The predicted molar refractivity (Wildman–Crippen MR) is 134 cm³/mol. The van der Waals surface area contributed by atoms with Crippen LogP contribution < -0.4 is 15.5 Å². The van der Waals surface area contributed by atoms with Gasteiger partial charge in [0.15, 0.2) is 5.69 Å². The van der Waals surface area contributed by atoms with Crippen molar-refractivity contribution in [1.29, 1.82) is 0 Å². The van der Waals surface area contributed by atoms with Crippen molar-refractivity contribution < 1.29 is 19.1 Å². The standard InChI is InChI=1S/C26H27N5O4/c1-3-23(32)28-20-10-9-18(2)21(15-20)29-26-27-16-22(31-11-13-34-14-12-31)24(30-26)25(33)35-17-19-7-5-4-6-8-19/h3-10,15-16H,1,11-14,17H2,2H3,(H,28,32)(H,27,29,30). The molecule has 2 aromatic carbocycles. The summed E-state index contributed by atoms with van der Waals surface area (Å²) < 4.78 is 11.0. The number of esters is 1. The van der Waals surface area contributed by atoms with E-state index in [4.69, 9.17) is 9.47 Å². The van der Waals surface area contributed by atoms with Crippen molar-refractivity contribution in [2.75, 3.05) is 41.8 Å². The molecule has 1 amide bonds. The number of nitrogens with zero attached hydrogens (tertiary/aromatic N) is 3. The summed E-state index contributed by atoms with van der Waals surface area (Å²) in [6, 6.07) is 14.9. The quantitative estimate of drug-likeness (QED) is 0.376. The highest BCUT2D eigenvalue weighted by Crippen LogP contribution is 2.26. The predicted octanol–water partition coefficient (Wildman–Crippen LogP) is 3.85. The van der Waals surface area contributed by atoms with Gasteiger partial charge in [-0.25, -0.2) is 14.8 Å². The van der Waals surface area contributed by atoms with Crippen LogP contribution in [0.5, 0.6) is 0 Å². The second kappa shape index (κ2) is 11.3. The third kappa shape index (κ3) is 6.21. The summed E-state index contributed by atoms with van der Waals surface area (Å²) in [5.41, 5.74) is 3.85. The molecule has 1 fully saturated rings. The number of aromatic nitrogens is 2. The van der Waals surface area contributed by atoms with E-state index in [0.29, 0.717) is 43.4 Å². The van der Waals surface area contributed by atoms with E-state index in [0.717, 1.165) is 11.1 Å². The van der Waals surface area contributed by atoms with Crippen LogP contribution in [0.15, 0.2) is 67.4 Å². The van der Waals surface area contributed by atoms with Crippen molar-refractivity contribution in [2.45, 2.75) is 13.5 Å². The Morgan fingerprint density at radius 1 is 1.17 bits per heavy atom. The number of hydrogen-bond acceptors (Lipinski definition) is 8. The van der Waals surface area contributed by atoms with Gasteiger partial charge < -0.3 is 25.0 Å². The first-order chi connectivity index (χ1) is 17.0. The second-order valence-electron chi connectivity index (χ2n) is 7.94. The van der Waals surface area contributed by atoms with Crippen LogP contribution in [0.4, 0.5) is 23.0 Å². The third-order valence-corrected chi connectivity index (χ3v) is 5.46. The molecule has 9 heteroatoms. The number of benzene rings is 2. The Kier molecular flexibility index (Phi) is 7.69. The molecule has 1 aliphatic heterocycles. The summed E-state index contributed by atoms with van der Waals surface area (Å²) in [4.78, 5) is 35.8. The number of ether oxygens (including phenoxy) is 2. The van der Waals surface area contributed by atoms with E-state index < -0.39 is 5.97 Å². The first kappa shape index (κ1) is 23.9. The van der Waals surface area contributed by atoms with Gasteiger partial charge in [0.25, 0.3) is 0 Å². The maximum absolute atomic E-state index is 13.1. The Hall–Kier alpha value is -4.24. The SMILES string of the molecule is C=CC(=O)Nc1ccc(C)c(Nc2ncc(N3CCOCC3)c(C(=O)OCc3ccccc3)n2)c1. The lowest BCUT2D eigenvalue weighted by atomic mass is 10.2. The molecule has 0 atom stereocenters. The molecule has 4 rings (SSSR count). The van der Waals surface area contributed by atoms with Gasteiger partial charge in [-0.2, -0.15) is 0 Å². The molecule has 2 heterocycles. The maximum atomic E-state index is 13.1. The lowest BCUT2D eigenvalue weighted by Gasteiger charge is -2.29. The lowest BCUT2D eigenvalue weighted by Crippen LogP contribution is -2.37. The van der Waals surface area contributed by atoms with Gasteiger partial charge in [-0.1, -0.05) is 43.0 Å². The van der Waals surface area contributed by atoms with Crippen molar-refractivity contribution in [3.8, 4) is 0 Å². The average Bonchev–Trinajstić information content (AvgIpc) is 2.90. The molecule has 0 bridgehead atoms. The minimum absolute atomic E-state index is 0.138. The Morgan fingerprint density at radius 3 is 2.69 bits per heavy atom. The highest BCUT2D eigenvalue weighted by atomic mass is 16.5. The fourth-order valence-corrected chi connectivity index (χ4v) is 3.56. The molecule has 180 valence electrons. The smallest absolute Gasteiger partial charge is 0.359 e. The van der Waals surface area contributed by atoms with Crippen molar-refractivity contribution in [2.24, 2.45) is 0 Å². The Morgan fingerprint density at radius 2 is 1.94 bits per heavy atom. The number of amides is 1. The number of anilines is 4. The number of carbonyl (C=O) groups excluding carboxylic acids is 2. The van der Waals surface area contributed by atoms with Crippen molar-refractivity contribution in [1.82, 2.24) is 9.97 Å². The Bertz CT molecular complexity index is 1210. The van der Waals surface area contributed by atoms with Crippen LogP contribution in [0, 0.1) is 6.92 Å². The van der Waals surface area contributed by atoms with Crippen molar-refractivity contribution >= 4 is 34.9 Å². The summed E-state index contributed by atoms with van der Waals surface area (Å²) in [5.74, 6) is -0.608. The molecule has 1 aromatic heterocycles. The van der Waals surface area contributed by atoms with E-state index in [2.05, 4.69) is 27.2 Å². The van der Waals surface area contributed by atoms with Crippen LogP contribution in [-0.4, -0.2) is 48.1 Å². The van der Waals surface area contributed by atoms with Crippen molar-refractivity contribution in [3.05, 3.63) is 84.2 Å². The molecule has 0 spiro atoms. The first-order valence-corrected chi connectivity index (χ1v) is 11.3. The van der Waals surface area contributed by atoms with Gasteiger partial charge >= 0.3 is 5.97 Å². The summed E-state index contributed by atoms with van der Waals surface area (Å²) in [5, 5.41) is 5.88. The van der Waals surface area contributed by atoms with Crippen LogP contribution in [0.3, 0.4) is 0 Å². The molecule has 9 nitrogen and oxygen atoms in total. The van der Waals surface area contributed by atoms with E-state index >= 15 is 0 Å². The third-order valence-electron chi connectivity index (χ3n) is 5.46. The summed E-state index contributed by atoms with van der Waals surface area (Å²) >= 11 is 0. The molecule has 2 N–H and O–H groups in total. The summed E-state index contributed by atoms with van der Waals surface area (Å²) in [7, 11) is 0. The van der Waals surface area contributed by atoms with Gasteiger partial charge in [-0.15, -0.1) is 0 Å². The highest BCUT2D eigenvalue weighted by Gasteiger charge is 2.23. The first-order valence-electron chi connectivity index (χ1n) is 11.3. The molecule has 3 aromatic rings. The largest absolute Gasteiger partial charge is 0.456 e. The van der Waals surface area contributed by atoms with Crippen LogP contribution in [-0.2, 0) is 20.9 Å². The number of nitrogens with one attached hydrogen (secondary N) is 2. The average molecular weight is 474 g/mol. The number of morpholine rings is 1. The number of carbonyl (C=O) groups is 2. The van der Waals surface area contributed by atoms with Gasteiger partial charge in [0, 0.05) is 24.5 Å². The van der Waals surface area contributed by atoms with Gasteiger partial charge in [-0.05, 0) is 36.3 Å². The van der Waals surface area contributed by atoms with Crippen LogP contribution in [0.1, 0.15) is 21.6 Å². The van der Waals surface area contributed by atoms with Crippen LogP contribution >= 0.6 is 0 Å². The van der Waals surface area contributed by atoms with Crippen LogP contribution in [0.25, 0.3) is 0 Å². The van der Waals surface area contributed by atoms with E-state index in [1.165, 1.54) is 6.08 Å². The van der Waals surface area contributed by atoms with Gasteiger partial charge in [0.2, 0.25) is 11.9 Å². The molecule has 0 unspecified atom stereocenters. The van der Waals surface area contributed by atoms with Gasteiger partial charge in [0.05, 0.1) is 25.1 Å². The molecule has 0 saturated carbocycles. The zero-order chi connectivity index (χ0) is 24.6. The summed E-state index contributed by atoms with van der Waals surface area (Å²) in [6.07, 6.45) is 2.83. The lowest BCUT2D eigenvalue weighted by molar-refractivity contribution is -0.111. The van der Waals surface area contributed by atoms with Crippen LogP contribution in [0.2, 0.25) is 0 Å². The zero-order valence-electron chi connectivity index (χ0n) is 19.5. The Balaban J connectivity index is 1.60. The topological polar surface area (TPSA) is 106 Å². The molecule has 0 aliphatic carbocycles. The van der Waals surface area contributed by atoms with Crippen molar-refractivity contribution in [3.63, 3.8) is 0 Å². The van der Waals surface area contributed by atoms with E-state index in [-0.39, 0.29) is 24.2 Å². The maximum Gasteiger partial charge on any atom is 0.359 e. The summed E-state index contributed by atoms with van der Waals surface area (Å²) in [6.45, 7) is 7.88. The normalized spacial score (nSPS) is 13.1. The van der Waals surface area contributed by atoms with E-state index in [9.17, 15) is 9.59 Å². The second-order valence-corrected chi connectivity index (χ2v) is 7.94. The molecule has 35 heavy (non-hydrogen) atoms. The fraction of sp³-hybridized carbons (Fsp3) is 0.231. The molecule has 1 saturated heterocycles. The molecular formula is C26H27N5O4. The minimum atomic E-state index is -0.537. The zero-order valence-corrected chi connectivity index (χ0v) is 19.5. The van der Waals surface area contributed by atoms with Gasteiger partial charge in [0.1, 0.15) is 6.61 Å². The minimum Gasteiger partial charge on any atom is -0.456 e. The number of aryl methyl sites for hydroxylation is 1.